The van der Waals surface area contributed by atoms with Gasteiger partial charge < -0.3 is 14.2 Å². The normalized spacial score (nSPS) is 11.0. The van der Waals surface area contributed by atoms with Crippen molar-refractivity contribution in [3.8, 4) is 28.6 Å². The molecule has 0 bridgehead atoms. The van der Waals surface area contributed by atoms with Gasteiger partial charge in [-0.3, -0.25) is 4.98 Å². The molecule has 0 saturated carbocycles. The maximum atomic E-state index is 6.05. The fourth-order valence-corrected chi connectivity index (χ4v) is 3.31. The molecule has 0 atom stereocenters. The van der Waals surface area contributed by atoms with Crippen molar-refractivity contribution in [1.82, 2.24) is 29.8 Å². The third-order valence-corrected chi connectivity index (χ3v) is 4.83. The first kappa shape index (κ1) is 18.7. The number of hydrogen-bond donors (Lipinski definition) is 0. The molecular formula is C22H18N6O3. The van der Waals surface area contributed by atoms with Crippen LogP contribution in [0.4, 0.5) is 0 Å². The van der Waals surface area contributed by atoms with Gasteiger partial charge in [0.15, 0.2) is 11.5 Å². The van der Waals surface area contributed by atoms with Crippen molar-refractivity contribution in [3.05, 3.63) is 66.7 Å². The molecule has 0 radical (unpaired) electrons. The molecule has 0 amide bonds. The molecule has 0 aliphatic heterocycles. The number of nitrogens with zero attached hydrogens (tertiary/aromatic N) is 6. The van der Waals surface area contributed by atoms with E-state index in [2.05, 4.69) is 25.3 Å². The SMILES string of the molecule is COc1ccc2c(OCc3nnc4ccc(-c5cccnc5OC)nn34)ccnc2c1. The number of methoxy groups -OCH3 is 2. The molecule has 9 nitrogen and oxygen atoms in total. The number of hydrogen-bond acceptors (Lipinski definition) is 8. The van der Waals surface area contributed by atoms with Crippen molar-refractivity contribution < 1.29 is 14.2 Å². The second-order valence-corrected chi connectivity index (χ2v) is 6.65. The molecule has 4 aromatic heterocycles. The zero-order valence-electron chi connectivity index (χ0n) is 16.9. The largest absolute Gasteiger partial charge is 0.497 e. The number of rotatable bonds is 6. The molecule has 31 heavy (non-hydrogen) atoms. The van der Waals surface area contributed by atoms with E-state index < -0.39 is 0 Å². The summed E-state index contributed by atoms with van der Waals surface area (Å²) in [6, 6.07) is 14.9. The van der Waals surface area contributed by atoms with Crippen molar-refractivity contribution in [2.75, 3.05) is 14.2 Å². The van der Waals surface area contributed by atoms with Crippen molar-refractivity contribution in [3.63, 3.8) is 0 Å². The zero-order chi connectivity index (χ0) is 21.2. The van der Waals surface area contributed by atoms with Crippen LogP contribution < -0.4 is 14.2 Å². The van der Waals surface area contributed by atoms with Gasteiger partial charge in [0, 0.05) is 23.8 Å². The van der Waals surface area contributed by atoms with Gasteiger partial charge in [0.05, 0.1) is 31.0 Å². The Bertz CT molecular complexity index is 1380. The van der Waals surface area contributed by atoms with Crippen molar-refractivity contribution >= 4 is 16.6 Å². The standard InChI is InChI=1S/C22H18N6O3/c1-29-14-5-6-15-18(12-14)23-11-9-19(15)31-13-21-26-25-20-8-7-17(27-28(20)21)16-4-3-10-24-22(16)30-2/h3-12H,13H2,1-2H3. The van der Waals surface area contributed by atoms with E-state index in [-0.39, 0.29) is 6.61 Å². The first-order valence-electron chi connectivity index (χ1n) is 9.53. The highest BCUT2D eigenvalue weighted by Gasteiger charge is 2.13. The molecule has 0 spiro atoms. The quantitative estimate of drug-likeness (QED) is 0.417. The van der Waals surface area contributed by atoms with Crippen LogP contribution in [0.5, 0.6) is 17.4 Å². The molecule has 0 unspecified atom stereocenters. The van der Waals surface area contributed by atoms with Gasteiger partial charge in [-0.25, -0.2) is 4.98 Å². The van der Waals surface area contributed by atoms with Crippen molar-refractivity contribution in [1.29, 1.82) is 0 Å². The van der Waals surface area contributed by atoms with Gasteiger partial charge in [-0.15, -0.1) is 10.2 Å². The van der Waals surface area contributed by atoms with Crippen LogP contribution in [0.2, 0.25) is 0 Å². The molecule has 5 aromatic rings. The molecule has 0 aliphatic carbocycles. The fraction of sp³-hybridized carbons (Fsp3) is 0.136. The van der Waals surface area contributed by atoms with Crippen LogP contribution >= 0.6 is 0 Å². The van der Waals surface area contributed by atoms with Gasteiger partial charge in [-0.05, 0) is 42.5 Å². The van der Waals surface area contributed by atoms with Crippen LogP contribution in [0.3, 0.4) is 0 Å². The molecule has 4 heterocycles. The molecule has 9 heteroatoms. The van der Waals surface area contributed by atoms with Gasteiger partial charge in [0.2, 0.25) is 5.88 Å². The maximum Gasteiger partial charge on any atom is 0.222 e. The van der Waals surface area contributed by atoms with Crippen LogP contribution in [-0.2, 0) is 6.61 Å². The summed E-state index contributed by atoms with van der Waals surface area (Å²) in [7, 11) is 3.21. The molecule has 0 N–H and O–H groups in total. The molecule has 0 aliphatic rings. The molecule has 0 fully saturated rings. The highest BCUT2D eigenvalue weighted by atomic mass is 16.5. The monoisotopic (exact) mass is 414 g/mol. The summed E-state index contributed by atoms with van der Waals surface area (Å²) in [5, 5.41) is 14.0. The lowest BCUT2D eigenvalue weighted by atomic mass is 10.2. The molecule has 1 aromatic carbocycles. The van der Waals surface area contributed by atoms with Crippen molar-refractivity contribution in [2.24, 2.45) is 0 Å². The fourth-order valence-electron chi connectivity index (χ4n) is 3.31. The highest BCUT2D eigenvalue weighted by molar-refractivity contribution is 5.85. The van der Waals surface area contributed by atoms with Crippen LogP contribution in [0.1, 0.15) is 5.82 Å². The van der Waals surface area contributed by atoms with E-state index in [9.17, 15) is 0 Å². The Morgan fingerprint density at radius 2 is 1.84 bits per heavy atom. The smallest absolute Gasteiger partial charge is 0.222 e. The first-order chi connectivity index (χ1) is 15.3. The van der Waals surface area contributed by atoms with Crippen LogP contribution in [0.25, 0.3) is 27.8 Å². The van der Waals surface area contributed by atoms with Crippen molar-refractivity contribution in [2.45, 2.75) is 6.61 Å². The van der Waals surface area contributed by atoms with Gasteiger partial charge in [-0.2, -0.15) is 9.61 Å². The number of benzene rings is 1. The second kappa shape index (κ2) is 7.86. The summed E-state index contributed by atoms with van der Waals surface area (Å²) in [4.78, 5) is 8.62. The van der Waals surface area contributed by atoms with Gasteiger partial charge in [0.25, 0.3) is 0 Å². The summed E-state index contributed by atoms with van der Waals surface area (Å²) in [6.07, 6.45) is 3.37. The van der Waals surface area contributed by atoms with E-state index in [1.165, 1.54) is 0 Å². The average Bonchev–Trinajstić information content (AvgIpc) is 3.24. The van der Waals surface area contributed by atoms with E-state index in [1.54, 1.807) is 31.1 Å². The zero-order valence-corrected chi connectivity index (χ0v) is 16.9. The molecular weight excluding hydrogens is 396 g/mol. The lowest BCUT2D eigenvalue weighted by Crippen LogP contribution is -2.05. The second-order valence-electron chi connectivity index (χ2n) is 6.65. The van der Waals surface area contributed by atoms with Gasteiger partial charge >= 0.3 is 0 Å². The maximum absolute atomic E-state index is 6.05. The Hall–Kier alpha value is -4.27. The van der Waals surface area contributed by atoms with E-state index >= 15 is 0 Å². The lowest BCUT2D eigenvalue weighted by Gasteiger charge is -2.09. The number of ether oxygens (including phenoxy) is 3. The lowest BCUT2D eigenvalue weighted by molar-refractivity contribution is 0.296. The van der Waals surface area contributed by atoms with Crippen LogP contribution in [-0.4, -0.2) is 44.0 Å². The number of aromatic nitrogens is 6. The summed E-state index contributed by atoms with van der Waals surface area (Å²) in [6.45, 7) is 0.187. The predicted octanol–water partition coefficient (Wildman–Crippen LogP) is 3.33. The number of fused-ring (bicyclic) bond motifs is 2. The molecule has 0 saturated heterocycles. The third kappa shape index (κ3) is 3.46. The van der Waals surface area contributed by atoms with Gasteiger partial charge in [-0.1, -0.05) is 0 Å². The Kier molecular flexibility index (Phi) is 4.75. The Balaban J connectivity index is 1.47. The highest BCUT2D eigenvalue weighted by Crippen LogP contribution is 2.28. The van der Waals surface area contributed by atoms with Crippen LogP contribution in [0, 0.1) is 0 Å². The summed E-state index contributed by atoms with van der Waals surface area (Å²) >= 11 is 0. The minimum Gasteiger partial charge on any atom is -0.497 e. The van der Waals surface area contributed by atoms with E-state index in [0.717, 1.165) is 22.2 Å². The third-order valence-electron chi connectivity index (χ3n) is 4.83. The summed E-state index contributed by atoms with van der Waals surface area (Å²) < 4.78 is 18.3. The Morgan fingerprint density at radius 3 is 2.71 bits per heavy atom. The topological polar surface area (TPSA) is 96.5 Å². The minimum absolute atomic E-state index is 0.187. The van der Waals surface area contributed by atoms with E-state index in [0.29, 0.717) is 28.8 Å². The Morgan fingerprint density at radius 1 is 0.903 bits per heavy atom. The molecule has 5 rings (SSSR count). The first-order valence-corrected chi connectivity index (χ1v) is 9.53. The minimum atomic E-state index is 0.187. The van der Waals surface area contributed by atoms with Crippen LogP contribution in [0.15, 0.2) is 60.9 Å². The van der Waals surface area contributed by atoms with Gasteiger partial charge in [0.1, 0.15) is 18.1 Å². The molecule has 154 valence electrons. The predicted molar refractivity (Wildman–Crippen MR) is 113 cm³/mol. The average molecular weight is 414 g/mol. The summed E-state index contributed by atoms with van der Waals surface area (Å²) in [5.74, 6) is 2.50. The van der Waals surface area contributed by atoms with E-state index in [4.69, 9.17) is 14.2 Å². The number of pyridine rings is 2. The van der Waals surface area contributed by atoms with E-state index in [1.807, 2.05) is 48.5 Å². The summed E-state index contributed by atoms with van der Waals surface area (Å²) in [5.41, 5.74) is 2.88. The Labute approximate surface area is 177 Å².